The molecule has 1 rings (SSSR count). The molecule has 106 valence electrons. The summed E-state index contributed by atoms with van der Waals surface area (Å²) in [5.74, 6) is -0.447. The van der Waals surface area contributed by atoms with Crippen molar-refractivity contribution >= 4 is 33.0 Å². The predicted molar refractivity (Wildman–Crippen MR) is 77.1 cm³/mol. The van der Waals surface area contributed by atoms with E-state index in [2.05, 4.69) is 5.32 Å². The lowest BCUT2D eigenvalue weighted by Gasteiger charge is -2.22. The molecular formula is C12H17ClN2O3S. The highest BCUT2D eigenvalue weighted by Crippen LogP contribution is 2.18. The molecule has 0 aliphatic heterocycles. The van der Waals surface area contributed by atoms with Crippen LogP contribution in [0.5, 0.6) is 0 Å². The molecule has 1 aromatic rings. The molecule has 1 aromatic carbocycles. The Morgan fingerprint density at radius 1 is 1.42 bits per heavy atom. The number of hydrogen-bond donors (Lipinski definition) is 2. The van der Waals surface area contributed by atoms with Gasteiger partial charge in [0.2, 0.25) is 0 Å². The van der Waals surface area contributed by atoms with Crippen LogP contribution in [-0.4, -0.2) is 31.9 Å². The van der Waals surface area contributed by atoms with Crippen LogP contribution in [0, 0.1) is 0 Å². The molecule has 3 N–H and O–H groups in total. The Morgan fingerprint density at radius 3 is 2.53 bits per heavy atom. The van der Waals surface area contributed by atoms with Gasteiger partial charge in [-0.3, -0.25) is 4.79 Å². The van der Waals surface area contributed by atoms with Crippen molar-refractivity contribution in [2.45, 2.75) is 18.6 Å². The minimum atomic E-state index is -3.27. The summed E-state index contributed by atoms with van der Waals surface area (Å²) in [5.41, 5.74) is 6.20. The lowest BCUT2D eigenvalue weighted by Crippen LogP contribution is -2.43. The number of benzene rings is 1. The number of rotatable bonds is 4. The second-order valence-electron chi connectivity index (χ2n) is 4.95. The fourth-order valence-corrected chi connectivity index (χ4v) is 1.75. The number of nitrogens with one attached hydrogen (secondary N) is 1. The van der Waals surface area contributed by atoms with Crippen molar-refractivity contribution in [3.05, 3.63) is 28.8 Å². The summed E-state index contributed by atoms with van der Waals surface area (Å²) in [5, 5.41) is 2.95. The van der Waals surface area contributed by atoms with E-state index in [0.717, 1.165) is 6.26 Å². The normalized spacial score (nSPS) is 12.2. The summed E-state index contributed by atoms with van der Waals surface area (Å²) in [7, 11) is -3.27. The first kappa shape index (κ1) is 15.8. The third-order valence-corrected chi connectivity index (χ3v) is 5.33. The maximum Gasteiger partial charge on any atom is 0.253 e. The molecule has 0 atom stereocenters. The first-order valence-corrected chi connectivity index (χ1v) is 7.84. The van der Waals surface area contributed by atoms with E-state index in [1.807, 2.05) is 0 Å². The largest absolute Gasteiger partial charge is 0.398 e. The van der Waals surface area contributed by atoms with Crippen molar-refractivity contribution in [3.8, 4) is 0 Å². The smallest absolute Gasteiger partial charge is 0.253 e. The Hall–Kier alpha value is -1.27. The van der Waals surface area contributed by atoms with Gasteiger partial charge >= 0.3 is 0 Å². The fraction of sp³-hybridized carbons (Fsp3) is 0.417. The third-order valence-electron chi connectivity index (χ3n) is 2.94. The summed E-state index contributed by atoms with van der Waals surface area (Å²) < 4.78 is 22.0. The van der Waals surface area contributed by atoms with Crippen molar-refractivity contribution in [3.63, 3.8) is 0 Å². The van der Waals surface area contributed by atoms with Crippen molar-refractivity contribution in [2.75, 3.05) is 18.5 Å². The summed E-state index contributed by atoms with van der Waals surface area (Å²) in [4.78, 5) is 11.9. The van der Waals surface area contributed by atoms with Crippen LogP contribution in [0.1, 0.15) is 24.2 Å². The molecule has 0 unspecified atom stereocenters. The van der Waals surface area contributed by atoms with E-state index in [1.54, 1.807) is 19.9 Å². The molecule has 0 spiro atoms. The summed E-state index contributed by atoms with van der Waals surface area (Å²) >= 11 is 5.79. The zero-order valence-electron chi connectivity index (χ0n) is 11.0. The van der Waals surface area contributed by atoms with Gasteiger partial charge in [-0.2, -0.15) is 0 Å². The topological polar surface area (TPSA) is 89.3 Å². The number of carbonyl (C=O) groups excluding carboxylic acids is 1. The standard InChI is InChI=1S/C12H17ClN2O3S/c1-12(2,19(3,17)18)7-15-11(16)9-6-8(13)4-5-10(9)14/h4-6H,7,14H2,1-3H3,(H,15,16). The molecular weight excluding hydrogens is 288 g/mol. The minimum Gasteiger partial charge on any atom is -0.398 e. The van der Waals surface area contributed by atoms with Crippen molar-refractivity contribution in [2.24, 2.45) is 0 Å². The highest BCUT2D eigenvalue weighted by molar-refractivity contribution is 7.92. The fourth-order valence-electron chi connectivity index (χ4n) is 1.24. The molecule has 5 nitrogen and oxygen atoms in total. The van der Waals surface area contributed by atoms with Crippen LogP contribution in [0.2, 0.25) is 5.02 Å². The molecule has 0 heterocycles. The zero-order valence-corrected chi connectivity index (χ0v) is 12.6. The number of halogens is 1. The van der Waals surface area contributed by atoms with E-state index in [4.69, 9.17) is 17.3 Å². The van der Waals surface area contributed by atoms with Crippen LogP contribution in [0.15, 0.2) is 18.2 Å². The summed E-state index contributed by atoms with van der Waals surface area (Å²) in [6.07, 6.45) is 1.13. The average Bonchev–Trinajstić information content (AvgIpc) is 2.28. The highest BCUT2D eigenvalue weighted by atomic mass is 35.5. The molecule has 0 saturated carbocycles. The van der Waals surface area contributed by atoms with Crippen molar-refractivity contribution < 1.29 is 13.2 Å². The first-order chi connectivity index (χ1) is 8.54. The van der Waals surface area contributed by atoms with Gasteiger partial charge in [0.1, 0.15) is 0 Å². The number of amides is 1. The Morgan fingerprint density at radius 2 is 2.00 bits per heavy atom. The van der Waals surface area contributed by atoms with E-state index >= 15 is 0 Å². The SMILES string of the molecule is CC(C)(CNC(=O)c1cc(Cl)ccc1N)S(C)(=O)=O. The molecule has 0 radical (unpaired) electrons. The van der Waals surface area contributed by atoms with Gasteiger partial charge in [0.05, 0.1) is 10.3 Å². The summed E-state index contributed by atoms with van der Waals surface area (Å²) in [6, 6.07) is 4.55. The Kier molecular flexibility index (Phi) is 4.47. The second kappa shape index (κ2) is 5.38. The second-order valence-corrected chi connectivity index (χ2v) is 8.03. The third kappa shape index (κ3) is 3.84. The lowest BCUT2D eigenvalue weighted by molar-refractivity contribution is 0.0951. The number of sulfone groups is 1. The average molecular weight is 305 g/mol. The molecule has 0 fully saturated rings. The number of nitrogen functional groups attached to an aromatic ring is 1. The number of anilines is 1. The first-order valence-electron chi connectivity index (χ1n) is 5.57. The van der Waals surface area contributed by atoms with Crippen molar-refractivity contribution in [1.82, 2.24) is 5.32 Å². The van der Waals surface area contributed by atoms with Crippen LogP contribution >= 0.6 is 11.6 Å². The van der Waals surface area contributed by atoms with Crippen LogP contribution in [0.4, 0.5) is 5.69 Å². The zero-order chi connectivity index (χ0) is 14.8. The monoisotopic (exact) mass is 304 g/mol. The van der Waals surface area contributed by atoms with Gasteiger partial charge in [0.15, 0.2) is 9.84 Å². The van der Waals surface area contributed by atoms with Gasteiger partial charge in [0, 0.05) is 23.5 Å². The molecule has 0 bridgehead atoms. The molecule has 19 heavy (non-hydrogen) atoms. The number of carbonyl (C=O) groups is 1. The molecule has 7 heteroatoms. The minimum absolute atomic E-state index is 0.00335. The van der Waals surface area contributed by atoms with Crippen LogP contribution < -0.4 is 11.1 Å². The highest BCUT2D eigenvalue weighted by Gasteiger charge is 2.30. The Labute approximate surface area is 118 Å². The van der Waals surface area contributed by atoms with Crippen LogP contribution in [-0.2, 0) is 9.84 Å². The van der Waals surface area contributed by atoms with E-state index in [9.17, 15) is 13.2 Å². The number of nitrogens with two attached hydrogens (primary N) is 1. The summed E-state index contributed by atoms with van der Waals surface area (Å²) in [6.45, 7) is 3.09. The maximum absolute atomic E-state index is 11.9. The molecule has 1 amide bonds. The maximum atomic E-state index is 11.9. The predicted octanol–water partition coefficient (Wildman–Crippen LogP) is 1.48. The quantitative estimate of drug-likeness (QED) is 0.824. The van der Waals surface area contributed by atoms with Crippen molar-refractivity contribution in [1.29, 1.82) is 0 Å². The lowest BCUT2D eigenvalue weighted by atomic mass is 10.1. The molecule has 0 aliphatic carbocycles. The Balaban J connectivity index is 2.85. The van der Waals surface area contributed by atoms with Gasteiger partial charge in [-0.15, -0.1) is 0 Å². The molecule has 0 aromatic heterocycles. The van der Waals surface area contributed by atoms with Gasteiger partial charge in [-0.25, -0.2) is 8.42 Å². The van der Waals surface area contributed by atoms with Gasteiger partial charge in [-0.1, -0.05) is 11.6 Å². The van der Waals surface area contributed by atoms with Gasteiger partial charge in [-0.05, 0) is 32.0 Å². The number of hydrogen-bond acceptors (Lipinski definition) is 4. The van der Waals surface area contributed by atoms with Crippen LogP contribution in [0.25, 0.3) is 0 Å². The van der Waals surface area contributed by atoms with E-state index < -0.39 is 20.5 Å². The van der Waals surface area contributed by atoms with E-state index in [0.29, 0.717) is 10.7 Å². The van der Waals surface area contributed by atoms with Gasteiger partial charge < -0.3 is 11.1 Å². The molecule has 0 aliphatic rings. The van der Waals surface area contributed by atoms with E-state index in [-0.39, 0.29) is 12.1 Å². The molecule has 0 saturated heterocycles. The van der Waals surface area contributed by atoms with Crippen LogP contribution in [0.3, 0.4) is 0 Å². The Bertz CT molecular complexity index is 597. The van der Waals surface area contributed by atoms with Gasteiger partial charge in [0.25, 0.3) is 5.91 Å². The van der Waals surface area contributed by atoms with E-state index in [1.165, 1.54) is 12.1 Å².